The number of benzene rings is 5. The van der Waals surface area contributed by atoms with Gasteiger partial charge >= 0.3 is 0 Å². The fourth-order valence-corrected chi connectivity index (χ4v) is 6.26. The van der Waals surface area contributed by atoms with Crippen LogP contribution in [0.1, 0.15) is 18.4 Å². The summed E-state index contributed by atoms with van der Waals surface area (Å²) in [7, 11) is 0. The highest BCUT2D eigenvalue weighted by atomic mass is 15.0. The van der Waals surface area contributed by atoms with Gasteiger partial charge in [-0.25, -0.2) is 0 Å². The number of nitrogens with one attached hydrogen (secondary N) is 1. The zero-order valence-corrected chi connectivity index (χ0v) is 21.0. The second kappa shape index (κ2) is 8.36. The van der Waals surface area contributed by atoms with Gasteiger partial charge in [0.25, 0.3) is 0 Å². The number of hydrogen-bond donors (Lipinski definition) is 1. The molecule has 1 aliphatic rings. The Morgan fingerprint density at radius 3 is 2.32 bits per heavy atom. The van der Waals surface area contributed by atoms with Gasteiger partial charge in [-0.2, -0.15) is 0 Å². The largest absolute Gasteiger partial charge is 0.354 e. The number of aromatic nitrogens is 2. The quantitative estimate of drug-likeness (QED) is 0.257. The van der Waals surface area contributed by atoms with Gasteiger partial charge in [0.2, 0.25) is 0 Å². The van der Waals surface area contributed by atoms with Crippen LogP contribution in [0.4, 0.5) is 0 Å². The summed E-state index contributed by atoms with van der Waals surface area (Å²) in [5, 5.41) is 5.10. The standard InChI is InChI=1S/C36H26N2/c1-3-11-24(12-4-1)26-19-20-27(25-13-5-2-6-14-25)34(23-26)38-32-18-10-8-16-30(32)35-33(38)22-21-29-28-15-7-9-17-31(28)37-36(29)35/h1-5,7-13,15-23,37H,6,14H2. The van der Waals surface area contributed by atoms with Crippen molar-refractivity contribution < 1.29 is 0 Å². The first-order valence-electron chi connectivity index (χ1n) is 13.4. The summed E-state index contributed by atoms with van der Waals surface area (Å²) in [5.74, 6) is 0. The van der Waals surface area contributed by atoms with Crippen LogP contribution in [-0.2, 0) is 0 Å². The van der Waals surface area contributed by atoms with Crippen molar-refractivity contribution in [1.82, 2.24) is 9.55 Å². The Kier molecular flexibility index (Phi) is 4.68. The zero-order chi connectivity index (χ0) is 25.1. The summed E-state index contributed by atoms with van der Waals surface area (Å²) >= 11 is 0. The average Bonchev–Trinajstić information content (AvgIpc) is 3.53. The van der Waals surface area contributed by atoms with E-state index in [-0.39, 0.29) is 0 Å². The van der Waals surface area contributed by atoms with E-state index < -0.39 is 0 Å². The number of rotatable bonds is 3. The minimum atomic E-state index is 1.05. The van der Waals surface area contributed by atoms with Gasteiger partial charge in [-0.3, -0.25) is 0 Å². The van der Waals surface area contributed by atoms with Crippen LogP contribution in [0.2, 0.25) is 0 Å². The van der Waals surface area contributed by atoms with Crippen LogP contribution < -0.4 is 0 Å². The highest BCUT2D eigenvalue weighted by Gasteiger charge is 2.20. The Balaban J connectivity index is 1.51. The van der Waals surface area contributed by atoms with Crippen molar-refractivity contribution in [2.45, 2.75) is 12.8 Å². The summed E-state index contributed by atoms with van der Waals surface area (Å²) in [4.78, 5) is 3.76. The number of H-pyrrole nitrogens is 1. The monoisotopic (exact) mass is 486 g/mol. The predicted molar refractivity (Wildman–Crippen MR) is 162 cm³/mol. The van der Waals surface area contributed by atoms with E-state index in [1.54, 1.807) is 0 Å². The lowest BCUT2D eigenvalue weighted by Crippen LogP contribution is -2.01. The summed E-state index contributed by atoms with van der Waals surface area (Å²) < 4.78 is 2.48. The van der Waals surface area contributed by atoms with Crippen LogP contribution in [0.15, 0.2) is 127 Å². The molecule has 0 spiro atoms. The molecule has 0 saturated carbocycles. The second-order valence-electron chi connectivity index (χ2n) is 10.2. The highest BCUT2D eigenvalue weighted by molar-refractivity contribution is 6.25. The molecule has 2 nitrogen and oxygen atoms in total. The van der Waals surface area contributed by atoms with E-state index in [1.165, 1.54) is 71.6 Å². The zero-order valence-electron chi connectivity index (χ0n) is 21.0. The molecule has 0 aliphatic heterocycles. The second-order valence-corrected chi connectivity index (χ2v) is 10.2. The van der Waals surface area contributed by atoms with Crippen LogP contribution >= 0.6 is 0 Å². The highest BCUT2D eigenvalue weighted by Crippen LogP contribution is 2.41. The molecule has 0 amide bonds. The first-order valence-corrected chi connectivity index (χ1v) is 13.4. The van der Waals surface area contributed by atoms with Crippen LogP contribution in [-0.4, -0.2) is 9.55 Å². The van der Waals surface area contributed by atoms with Gasteiger partial charge in [0.1, 0.15) is 0 Å². The number of hydrogen-bond acceptors (Lipinski definition) is 0. The van der Waals surface area contributed by atoms with Crippen molar-refractivity contribution in [2.24, 2.45) is 0 Å². The Hall–Kier alpha value is -4.82. The van der Waals surface area contributed by atoms with Crippen molar-refractivity contribution in [2.75, 3.05) is 0 Å². The third kappa shape index (κ3) is 3.13. The maximum atomic E-state index is 3.76. The Labute approximate surface area is 221 Å². The Morgan fingerprint density at radius 1 is 0.632 bits per heavy atom. The topological polar surface area (TPSA) is 20.7 Å². The fraction of sp³-hybridized carbons (Fsp3) is 0.0556. The van der Waals surface area contributed by atoms with Crippen molar-refractivity contribution in [3.05, 3.63) is 133 Å². The summed E-state index contributed by atoms with van der Waals surface area (Å²) in [6.45, 7) is 0. The minimum absolute atomic E-state index is 1.05. The lowest BCUT2D eigenvalue weighted by atomic mass is 9.93. The van der Waals surface area contributed by atoms with Gasteiger partial charge in [0.15, 0.2) is 0 Å². The molecule has 0 unspecified atom stereocenters. The first-order chi connectivity index (χ1) is 18.9. The molecule has 2 aromatic heterocycles. The molecule has 180 valence electrons. The van der Waals surface area contributed by atoms with Crippen molar-refractivity contribution in [3.8, 4) is 16.8 Å². The lowest BCUT2D eigenvalue weighted by molar-refractivity contribution is 1.05. The molecule has 0 radical (unpaired) electrons. The molecule has 0 saturated heterocycles. The minimum Gasteiger partial charge on any atom is -0.354 e. The molecule has 8 rings (SSSR count). The number of aromatic amines is 1. The number of fused-ring (bicyclic) bond motifs is 7. The molecule has 5 aromatic carbocycles. The van der Waals surface area contributed by atoms with E-state index in [2.05, 4.69) is 137 Å². The third-order valence-corrected chi connectivity index (χ3v) is 8.02. The van der Waals surface area contributed by atoms with E-state index in [9.17, 15) is 0 Å². The van der Waals surface area contributed by atoms with Crippen molar-refractivity contribution in [1.29, 1.82) is 0 Å². The number of allylic oxidation sites excluding steroid dienone is 4. The molecular formula is C36H26N2. The van der Waals surface area contributed by atoms with Crippen LogP contribution in [0.5, 0.6) is 0 Å². The summed E-state index contributed by atoms with van der Waals surface area (Å²) in [5.41, 5.74) is 11.2. The van der Waals surface area contributed by atoms with E-state index in [0.29, 0.717) is 0 Å². The fourth-order valence-electron chi connectivity index (χ4n) is 6.26. The smallest absolute Gasteiger partial charge is 0.0566 e. The molecular weight excluding hydrogens is 460 g/mol. The Bertz CT molecular complexity index is 2070. The van der Waals surface area contributed by atoms with Gasteiger partial charge in [0.05, 0.1) is 22.2 Å². The molecule has 2 heteroatoms. The molecule has 0 fully saturated rings. The van der Waals surface area contributed by atoms with Crippen LogP contribution in [0.3, 0.4) is 0 Å². The van der Waals surface area contributed by atoms with Crippen molar-refractivity contribution in [3.63, 3.8) is 0 Å². The van der Waals surface area contributed by atoms with E-state index in [1.807, 2.05) is 0 Å². The lowest BCUT2D eigenvalue weighted by Gasteiger charge is -2.19. The molecule has 2 heterocycles. The average molecular weight is 487 g/mol. The van der Waals surface area contributed by atoms with E-state index in [4.69, 9.17) is 0 Å². The molecule has 0 bridgehead atoms. The molecule has 38 heavy (non-hydrogen) atoms. The number of para-hydroxylation sites is 2. The maximum absolute atomic E-state index is 3.76. The molecule has 1 N–H and O–H groups in total. The SMILES string of the molecule is C1=CCCC(c2ccc(-c3ccccc3)cc2-n2c3ccccc3c3c4[nH]c5ccccc5c4ccc32)=C1. The van der Waals surface area contributed by atoms with Gasteiger partial charge in [-0.05, 0) is 53.8 Å². The predicted octanol–water partition coefficient (Wildman–Crippen LogP) is 9.82. The Morgan fingerprint density at radius 2 is 1.45 bits per heavy atom. The van der Waals surface area contributed by atoms with Crippen LogP contribution in [0, 0.1) is 0 Å². The molecule has 7 aromatic rings. The first kappa shape index (κ1) is 21.3. The van der Waals surface area contributed by atoms with Gasteiger partial charge in [-0.15, -0.1) is 0 Å². The summed E-state index contributed by atoms with van der Waals surface area (Å²) in [6, 6.07) is 39.7. The van der Waals surface area contributed by atoms with E-state index >= 15 is 0 Å². The van der Waals surface area contributed by atoms with Gasteiger partial charge < -0.3 is 9.55 Å². The van der Waals surface area contributed by atoms with Crippen molar-refractivity contribution >= 4 is 49.2 Å². The third-order valence-electron chi connectivity index (χ3n) is 8.02. The van der Waals surface area contributed by atoms with Gasteiger partial charge in [-0.1, -0.05) is 103 Å². The maximum Gasteiger partial charge on any atom is 0.0566 e. The number of nitrogens with zero attached hydrogens (tertiary/aromatic N) is 1. The van der Waals surface area contributed by atoms with Crippen LogP contribution in [0.25, 0.3) is 66.0 Å². The normalized spacial score (nSPS) is 13.6. The van der Waals surface area contributed by atoms with Gasteiger partial charge in [0, 0.05) is 32.6 Å². The molecule has 1 aliphatic carbocycles. The van der Waals surface area contributed by atoms with E-state index in [0.717, 1.165) is 12.8 Å². The summed E-state index contributed by atoms with van der Waals surface area (Å²) in [6.07, 6.45) is 8.88. The molecule has 0 atom stereocenters.